The number of rotatable bonds is 8. The molecule has 1 N–H and O–H groups in total. The van der Waals surface area contributed by atoms with Gasteiger partial charge in [-0.1, -0.05) is 35.0 Å². The Balaban J connectivity index is 2.65. The summed E-state index contributed by atoms with van der Waals surface area (Å²) in [5, 5.41) is 3.16. The van der Waals surface area contributed by atoms with Crippen molar-refractivity contribution in [2.45, 2.75) is 20.0 Å². The first-order chi connectivity index (χ1) is 8.71. The predicted octanol–water partition coefficient (Wildman–Crippen LogP) is 2.64. The van der Waals surface area contributed by atoms with Crippen LogP contribution in [0.1, 0.15) is 18.1 Å². The van der Waals surface area contributed by atoms with Gasteiger partial charge in [0, 0.05) is 31.2 Å². The smallest absolute Gasteiger partial charge is 0.0589 e. The monoisotopic (exact) mass is 314 g/mol. The molecule has 0 atom stereocenters. The van der Waals surface area contributed by atoms with E-state index in [4.69, 9.17) is 4.74 Å². The van der Waals surface area contributed by atoms with Gasteiger partial charge in [-0.15, -0.1) is 0 Å². The third-order valence-corrected chi connectivity index (χ3v) is 3.69. The zero-order chi connectivity index (χ0) is 13.4. The number of methoxy groups -OCH3 is 1. The average Bonchev–Trinajstić information content (AvgIpc) is 2.37. The number of benzene rings is 1. The molecule has 0 aromatic heterocycles. The van der Waals surface area contributed by atoms with Crippen LogP contribution in [0.3, 0.4) is 0 Å². The van der Waals surface area contributed by atoms with Crippen LogP contribution in [-0.2, 0) is 17.8 Å². The van der Waals surface area contributed by atoms with Gasteiger partial charge in [0.1, 0.15) is 0 Å². The minimum Gasteiger partial charge on any atom is -0.383 e. The summed E-state index contributed by atoms with van der Waals surface area (Å²) < 4.78 is 6.32. The van der Waals surface area contributed by atoms with Gasteiger partial charge in [0.25, 0.3) is 0 Å². The first-order valence-electron chi connectivity index (χ1n) is 6.34. The molecule has 0 fully saturated rings. The summed E-state index contributed by atoms with van der Waals surface area (Å²) in [4.78, 5) is 2.38. The Morgan fingerprint density at radius 1 is 1.39 bits per heavy atom. The molecule has 0 saturated carbocycles. The highest BCUT2D eigenvalue weighted by Gasteiger charge is 2.07. The van der Waals surface area contributed by atoms with Crippen LogP contribution in [0.25, 0.3) is 0 Å². The van der Waals surface area contributed by atoms with Gasteiger partial charge in [-0.3, -0.25) is 4.90 Å². The second kappa shape index (κ2) is 8.64. The molecule has 0 heterocycles. The number of likely N-dealkylation sites (N-methyl/N-ethyl adjacent to an activating group) is 1. The molecule has 0 aliphatic heterocycles. The van der Waals surface area contributed by atoms with E-state index in [1.54, 1.807) is 7.11 Å². The highest BCUT2D eigenvalue weighted by molar-refractivity contribution is 9.10. The van der Waals surface area contributed by atoms with Crippen molar-refractivity contribution in [1.29, 1.82) is 0 Å². The first-order valence-corrected chi connectivity index (χ1v) is 7.13. The second-order valence-corrected chi connectivity index (χ2v) is 5.17. The highest BCUT2D eigenvalue weighted by atomic mass is 79.9. The molecular formula is C14H23BrN2O. The van der Waals surface area contributed by atoms with Crippen LogP contribution in [0.2, 0.25) is 0 Å². The number of nitrogens with zero attached hydrogens (tertiary/aromatic N) is 1. The quantitative estimate of drug-likeness (QED) is 0.798. The zero-order valence-corrected chi connectivity index (χ0v) is 13.1. The fourth-order valence-corrected chi connectivity index (χ4v) is 2.39. The van der Waals surface area contributed by atoms with Crippen molar-refractivity contribution in [2.75, 3.05) is 33.9 Å². The number of halogens is 1. The van der Waals surface area contributed by atoms with Crippen LogP contribution >= 0.6 is 15.9 Å². The maximum Gasteiger partial charge on any atom is 0.0589 e. The summed E-state index contributed by atoms with van der Waals surface area (Å²) in [6.45, 7) is 6.83. The minimum absolute atomic E-state index is 0.781. The van der Waals surface area contributed by atoms with Crippen molar-refractivity contribution in [3.63, 3.8) is 0 Å². The maximum atomic E-state index is 5.13. The molecule has 1 aromatic rings. The van der Waals surface area contributed by atoms with E-state index < -0.39 is 0 Å². The molecule has 0 aliphatic carbocycles. The van der Waals surface area contributed by atoms with Crippen molar-refractivity contribution in [3.8, 4) is 0 Å². The molecule has 0 unspecified atom stereocenters. The zero-order valence-electron chi connectivity index (χ0n) is 11.5. The van der Waals surface area contributed by atoms with Crippen molar-refractivity contribution in [3.05, 3.63) is 33.8 Å². The molecule has 1 aromatic carbocycles. The van der Waals surface area contributed by atoms with Crippen molar-refractivity contribution in [1.82, 2.24) is 10.2 Å². The Hall–Kier alpha value is -0.420. The Morgan fingerprint density at radius 2 is 2.17 bits per heavy atom. The SMILES string of the molecule is CCN(CCOC)Cc1ccc(CNC)cc1Br. The number of hydrogen-bond acceptors (Lipinski definition) is 3. The number of nitrogens with one attached hydrogen (secondary N) is 1. The van der Waals surface area contributed by atoms with Crippen LogP contribution in [0.15, 0.2) is 22.7 Å². The summed E-state index contributed by atoms with van der Waals surface area (Å²) in [6, 6.07) is 6.57. The third-order valence-electron chi connectivity index (χ3n) is 2.95. The molecule has 0 aliphatic rings. The molecule has 18 heavy (non-hydrogen) atoms. The molecule has 0 bridgehead atoms. The van der Waals surface area contributed by atoms with Crippen LogP contribution in [-0.4, -0.2) is 38.8 Å². The summed E-state index contributed by atoms with van der Waals surface area (Å²) in [5.41, 5.74) is 2.63. The minimum atomic E-state index is 0.781. The third kappa shape index (κ3) is 5.06. The molecule has 1 rings (SSSR count). The summed E-state index contributed by atoms with van der Waals surface area (Å²) in [5.74, 6) is 0. The average molecular weight is 315 g/mol. The molecule has 102 valence electrons. The Labute approximate surface area is 119 Å². The van der Waals surface area contributed by atoms with Gasteiger partial charge in [0.05, 0.1) is 6.61 Å². The van der Waals surface area contributed by atoms with E-state index in [0.717, 1.165) is 32.8 Å². The molecule has 0 spiro atoms. The fraction of sp³-hybridized carbons (Fsp3) is 0.571. The Morgan fingerprint density at radius 3 is 2.72 bits per heavy atom. The van der Waals surface area contributed by atoms with Gasteiger partial charge in [-0.05, 0) is 30.8 Å². The normalized spacial score (nSPS) is 11.2. The summed E-state index contributed by atoms with van der Waals surface area (Å²) in [7, 11) is 3.71. The molecule has 0 amide bonds. The van der Waals surface area contributed by atoms with E-state index in [0.29, 0.717) is 0 Å². The summed E-state index contributed by atoms with van der Waals surface area (Å²) in [6.07, 6.45) is 0. The predicted molar refractivity (Wildman–Crippen MR) is 79.7 cm³/mol. The lowest BCUT2D eigenvalue weighted by Gasteiger charge is -2.21. The lowest BCUT2D eigenvalue weighted by atomic mass is 10.1. The standard InChI is InChI=1S/C14H23BrN2O/c1-4-17(7-8-18-3)11-13-6-5-12(10-16-2)9-14(13)15/h5-6,9,16H,4,7-8,10-11H2,1-3H3. The lowest BCUT2D eigenvalue weighted by Crippen LogP contribution is -2.26. The molecule has 0 saturated heterocycles. The van der Waals surface area contributed by atoms with Gasteiger partial charge in [0.2, 0.25) is 0 Å². The van der Waals surface area contributed by atoms with Crippen molar-refractivity contribution >= 4 is 15.9 Å². The maximum absolute atomic E-state index is 5.13. The van der Waals surface area contributed by atoms with Crippen LogP contribution in [0.4, 0.5) is 0 Å². The van der Waals surface area contributed by atoms with Gasteiger partial charge >= 0.3 is 0 Å². The highest BCUT2D eigenvalue weighted by Crippen LogP contribution is 2.20. The molecule has 0 radical (unpaired) electrons. The van der Waals surface area contributed by atoms with Gasteiger partial charge in [-0.25, -0.2) is 0 Å². The van der Waals surface area contributed by atoms with Crippen LogP contribution in [0.5, 0.6) is 0 Å². The summed E-state index contributed by atoms with van der Waals surface area (Å²) >= 11 is 3.66. The van der Waals surface area contributed by atoms with Gasteiger partial charge in [0.15, 0.2) is 0 Å². The van der Waals surface area contributed by atoms with E-state index in [9.17, 15) is 0 Å². The van der Waals surface area contributed by atoms with E-state index in [2.05, 4.69) is 51.3 Å². The van der Waals surface area contributed by atoms with Gasteiger partial charge in [-0.2, -0.15) is 0 Å². The Kier molecular flexibility index (Phi) is 7.51. The second-order valence-electron chi connectivity index (χ2n) is 4.32. The molecule has 4 heteroatoms. The van der Waals surface area contributed by atoms with E-state index in [1.807, 2.05) is 7.05 Å². The van der Waals surface area contributed by atoms with E-state index in [1.165, 1.54) is 15.6 Å². The number of ether oxygens (including phenoxy) is 1. The molecule has 3 nitrogen and oxygen atoms in total. The lowest BCUT2D eigenvalue weighted by molar-refractivity contribution is 0.147. The van der Waals surface area contributed by atoms with Gasteiger partial charge < -0.3 is 10.1 Å². The van der Waals surface area contributed by atoms with E-state index >= 15 is 0 Å². The Bertz CT molecular complexity index is 358. The van der Waals surface area contributed by atoms with Crippen molar-refractivity contribution in [2.24, 2.45) is 0 Å². The number of hydrogen-bond donors (Lipinski definition) is 1. The molecular weight excluding hydrogens is 292 g/mol. The van der Waals surface area contributed by atoms with Crippen LogP contribution < -0.4 is 5.32 Å². The van der Waals surface area contributed by atoms with Crippen LogP contribution in [0, 0.1) is 0 Å². The van der Waals surface area contributed by atoms with E-state index in [-0.39, 0.29) is 0 Å². The first kappa shape index (κ1) is 15.6. The largest absolute Gasteiger partial charge is 0.383 e. The van der Waals surface area contributed by atoms with Crippen molar-refractivity contribution < 1.29 is 4.74 Å². The topological polar surface area (TPSA) is 24.5 Å². The fourth-order valence-electron chi connectivity index (χ4n) is 1.84.